The number of nitrogens with zero attached hydrogens (tertiary/aromatic N) is 2. The van der Waals surface area contributed by atoms with Crippen molar-refractivity contribution in [3.8, 4) is 0 Å². The summed E-state index contributed by atoms with van der Waals surface area (Å²) in [7, 11) is 0. The van der Waals surface area contributed by atoms with Gasteiger partial charge in [-0.2, -0.15) is 0 Å². The number of aliphatic hydroxyl groups is 1. The molecule has 0 bridgehead atoms. The second kappa shape index (κ2) is 8.05. The molecule has 3 atom stereocenters. The lowest BCUT2D eigenvalue weighted by Crippen LogP contribution is -2.34. The average Bonchev–Trinajstić information content (AvgIpc) is 3.16. The molecule has 29 heavy (non-hydrogen) atoms. The van der Waals surface area contributed by atoms with Gasteiger partial charge < -0.3 is 10.4 Å². The van der Waals surface area contributed by atoms with Crippen molar-refractivity contribution >= 4 is 17.5 Å². The summed E-state index contributed by atoms with van der Waals surface area (Å²) < 4.78 is 0. The van der Waals surface area contributed by atoms with Gasteiger partial charge in [-0.05, 0) is 42.4 Å². The quantitative estimate of drug-likeness (QED) is 0.737. The van der Waals surface area contributed by atoms with Gasteiger partial charge >= 0.3 is 0 Å². The van der Waals surface area contributed by atoms with Gasteiger partial charge in [-0.15, -0.1) is 0 Å². The van der Waals surface area contributed by atoms with Crippen LogP contribution in [0, 0.1) is 11.8 Å². The van der Waals surface area contributed by atoms with E-state index in [1.54, 1.807) is 12.1 Å². The lowest BCUT2D eigenvalue weighted by Gasteiger charge is -2.26. The highest BCUT2D eigenvalue weighted by atomic mass is 16.3. The van der Waals surface area contributed by atoms with Gasteiger partial charge in [-0.3, -0.25) is 14.5 Å². The smallest absolute Gasteiger partial charge is 0.222 e. The molecule has 1 aromatic carbocycles. The number of fused-ring (bicyclic) bond motifs is 1. The maximum absolute atomic E-state index is 12.6. The van der Waals surface area contributed by atoms with E-state index in [-0.39, 0.29) is 11.7 Å². The molecule has 1 amide bonds. The number of likely N-dealkylation sites (tertiary alicyclic amines) is 1. The second-order valence-electron chi connectivity index (χ2n) is 8.55. The first-order chi connectivity index (χ1) is 13.9. The van der Waals surface area contributed by atoms with Crippen LogP contribution in [0.3, 0.4) is 0 Å². The van der Waals surface area contributed by atoms with Crippen molar-refractivity contribution in [2.45, 2.75) is 31.8 Å². The number of benzene rings is 1. The third kappa shape index (κ3) is 4.71. The number of nitrogens with one attached hydrogen (secondary N) is 1. The van der Waals surface area contributed by atoms with Crippen LogP contribution in [0.2, 0.25) is 0 Å². The summed E-state index contributed by atoms with van der Waals surface area (Å²) in [5.74, 6) is 1.18. The molecule has 2 aromatic rings. The number of rotatable bonds is 6. The Morgan fingerprint density at radius 2 is 1.83 bits per heavy atom. The van der Waals surface area contributed by atoms with E-state index in [2.05, 4.69) is 27.3 Å². The fourth-order valence-electron chi connectivity index (χ4n) is 4.91. The maximum atomic E-state index is 12.6. The van der Waals surface area contributed by atoms with Crippen LogP contribution in [0.4, 0.5) is 5.82 Å². The molecule has 1 saturated carbocycles. The number of amides is 1. The first-order valence-corrected chi connectivity index (χ1v) is 10.2. The Morgan fingerprint density at radius 3 is 2.41 bits per heavy atom. The van der Waals surface area contributed by atoms with Gasteiger partial charge in [-0.1, -0.05) is 30.3 Å². The monoisotopic (exact) mass is 393 g/mol. The second-order valence-corrected chi connectivity index (χ2v) is 8.55. The number of hydrogen-bond donors (Lipinski definition) is 2. The van der Waals surface area contributed by atoms with Crippen molar-refractivity contribution in [1.82, 2.24) is 9.88 Å². The minimum absolute atomic E-state index is 0.0337. The van der Waals surface area contributed by atoms with E-state index in [1.807, 2.05) is 18.2 Å². The molecule has 1 aliphatic carbocycles. The number of carbonyl (C=O) groups is 2. The predicted molar refractivity (Wildman–Crippen MR) is 111 cm³/mol. The molecule has 2 aliphatic rings. The van der Waals surface area contributed by atoms with Crippen molar-refractivity contribution < 1.29 is 14.7 Å². The number of Topliss-reactive ketones (excluding diaryl/α,β-unsaturated/α-hetero) is 1. The fraction of sp³-hybridized carbons (Fsp3) is 0.435. The van der Waals surface area contributed by atoms with Gasteiger partial charge in [0, 0.05) is 38.2 Å². The third-order valence-electron chi connectivity index (χ3n) is 6.07. The Morgan fingerprint density at radius 1 is 1.14 bits per heavy atom. The predicted octanol–water partition coefficient (Wildman–Crippen LogP) is 2.54. The van der Waals surface area contributed by atoms with Gasteiger partial charge in [0.05, 0.1) is 12.1 Å². The van der Waals surface area contributed by atoms with E-state index in [4.69, 9.17) is 0 Å². The van der Waals surface area contributed by atoms with Gasteiger partial charge in [0.1, 0.15) is 5.82 Å². The minimum atomic E-state index is -0.629. The molecule has 152 valence electrons. The van der Waals surface area contributed by atoms with Crippen molar-refractivity contribution in [1.29, 1.82) is 0 Å². The molecule has 0 radical (unpaired) electrons. The van der Waals surface area contributed by atoms with E-state index in [1.165, 1.54) is 18.7 Å². The van der Waals surface area contributed by atoms with E-state index in [0.717, 1.165) is 25.9 Å². The van der Waals surface area contributed by atoms with Crippen LogP contribution < -0.4 is 5.32 Å². The normalized spacial score (nSPS) is 26.3. The number of pyridine rings is 1. The zero-order chi connectivity index (χ0) is 20.4. The minimum Gasteiger partial charge on any atom is -0.390 e. The molecule has 6 heteroatoms. The SMILES string of the molecule is CC(=O)Nc1ccc(C(=O)CN2C[C@@H]3C[C@@](O)(Cc4ccccc4)C[C@@H]3C2)cn1. The molecule has 6 nitrogen and oxygen atoms in total. The van der Waals surface area contributed by atoms with Gasteiger partial charge in [0.2, 0.25) is 5.91 Å². The van der Waals surface area contributed by atoms with E-state index in [0.29, 0.717) is 36.2 Å². The zero-order valence-electron chi connectivity index (χ0n) is 16.7. The lowest BCUT2D eigenvalue weighted by molar-refractivity contribution is -0.114. The van der Waals surface area contributed by atoms with Crippen molar-refractivity contribution in [3.05, 3.63) is 59.8 Å². The number of ketones is 1. The molecule has 1 aliphatic heterocycles. The first-order valence-electron chi connectivity index (χ1n) is 10.2. The number of hydrogen-bond acceptors (Lipinski definition) is 5. The highest BCUT2D eigenvalue weighted by Crippen LogP contribution is 2.45. The highest BCUT2D eigenvalue weighted by molar-refractivity contribution is 5.97. The van der Waals surface area contributed by atoms with Crippen molar-refractivity contribution in [2.24, 2.45) is 11.8 Å². The fourth-order valence-corrected chi connectivity index (χ4v) is 4.91. The highest BCUT2D eigenvalue weighted by Gasteiger charge is 2.48. The number of carbonyl (C=O) groups excluding carboxylic acids is 2. The van der Waals surface area contributed by atoms with Crippen LogP contribution in [-0.4, -0.2) is 51.9 Å². The average molecular weight is 393 g/mol. The molecule has 4 rings (SSSR count). The molecular weight excluding hydrogens is 366 g/mol. The van der Waals surface area contributed by atoms with Crippen LogP contribution in [0.1, 0.15) is 35.7 Å². The zero-order valence-corrected chi connectivity index (χ0v) is 16.7. The first kappa shape index (κ1) is 19.7. The summed E-state index contributed by atoms with van der Waals surface area (Å²) in [5, 5.41) is 13.7. The molecule has 1 aromatic heterocycles. The Kier molecular flexibility index (Phi) is 5.48. The van der Waals surface area contributed by atoms with Gasteiger partial charge in [0.15, 0.2) is 5.78 Å². The Labute approximate surface area is 171 Å². The summed E-state index contributed by atoms with van der Waals surface area (Å²) in [4.78, 5) is 30.0. The summed E-state index contributed by atoms with van der Waals surface area (Å²) in [6.07, 6.45) is 3.81. The maximum Gasteiger partial charge on any atom is 0.222 e. The molecule has 0 unspecified atom stereocenters. The molecule has 2 fully saturated rings. The van der Waals surface area contributed by atoms with Crippen LogP contribution in [-0.2, 0) is 11.2 Å². The summed E-state index contributed by atoms with van der Waals surface area (Å²) in [6.45, 7) is 3.49. The van der Waals surface area contributed by atoms with Crippen molar-refractivity contribution in [3.63, 3.8) is 0 Å². The van der Waals surface area contributed by atoms with Crippen LogP contribution in [0.15, 0.2) is 48.7 Å². The molecule has 2 N–H and O–H groups in total. The summed E-state index contributed by atoms with van der Waals surface area (Å²) in [6, 6.07) is 13.5. The van der Waals surface area contributed by atoms with Crippen LogP contribution >= 0.6 is 0 Å². The number of aromatic nitrogens is 1. The molecule has 2 heterocycles. The standard InChI is InChI=1S/C23H27N3O3/c1-16(27)25-22-8-7-18(12-24-22)21(28)15-26-13-19-10-23(29,11-20(19)14-26)9-17-5-3-2-4-6-17/h2-8,12,19-20,29H,9-11,13-15H2,1H3,(H,24,25,27)/t19-,20+,23-. The largest absolute Gasteiger partial charge is 0.390 e. The van der Waals surface area contributed by atoms with Gasteiger partial charge in [-0.25, -0.2) is 4.98 Å². The van der Waals surface area contributed by atoms with Crippen LogP contribution in [0.25, 0.3) is 0 Å². The summed E-state index contributed by atoms with van der Waals surface area (Å²) in [5.41, 5.74) is 1.10. The Hall–Kier alpha value is -2.57. The molecular formula is C23H27N3O3. The van der Waals surface area contributed by atoms with Crippen molar-refractivity contribution in [2.75, 3.05) is 25.0 Å². The topological polar surface area (TPSA) is 82.5 Å². The number of anilines is 1. The third-order valence-corrected chi connectivity index (χ3v) is 6.07. The van der Waals surface area contributed by atoms with E-state index < -0.39 is 5.60 Å². The van der Waals surface area contributed by atoms with Crippen LogP contribution in [0.5, 0.6) is 0 Å². The molecule has 0 spiro atoms. The summed E-state index contributed by atoms with van der Waals surface area (Å²) >= 11 is 0. The Bertz CT molecular complexity index is 868. The Balaban J connectivity index is 1.30. The lowest BCUT2D eigenvalue weighted by atomic mass is 9.91. The molecule has 1 saturated heterocycles. The van der Waals surface area contributed by atoms with Gasteiger partial charge in [0.25, 0.3) is 0 Å². The van der Waals surface area contributed by atoms with E-state index in [9.17, 15) is 14.7 Å². The van der Waals surface area contributed by atoms with E-state index >= 15 is 0 Å².